The standard InChI is InChI=1S/C20H25ClN4O/c1-4-15-7-5-6-10-25(15)20-22-9-8-17(23-20)19(26)24-18-14(3)11-13(2)12-16(18)21/h8-9,11-12,15H,4-7,10H2,1-3H3,(H,24,26). The summed E-state index contributed by atoms with van der Waals surface area (Å²) in [5, 5.41) is 3.43. The van der Waals surface area contributed by atoms with E-state index in [1.54, 1.807) is 12.3 Å². The lowest BCUT2D eigenvalue weighted by atomic mass is 10.0. The van der Waals surface area contributed by atoms with Crippen molar-refractivity contribution in [2.45, 2.75) is 52.5 Å². The van der Waals surface area contributed by atoms with Crippen LogP contribution in [0.2, 0.25) is 5.02 Å². The summed E-state index contributed by atoms with van der Waals surface area (Å²) in [5.74, 6) is 0.364. The molecule has 1 aliphatic rings. The van der Waals surface area contributed by atoms with Gasteiger partial charge in [-0.05, 0) is 62.8 Å². The molecule has 0 bridgehead atoms. The number of nitrogens with one attached hydrogen (secondary N) is 1. The predicted octanol–water partition coefficient (Wildman–Crippen LogP) is 4.77. The van der Waals surface area contributed by atoms with E-state index >= 15 is 0 Å². The highest BCUT2D eigenvalue weighted by Gasteiger charge is 2.24. The molecular weight excluding hydrogens is 348 g/mol. The van der Waals surface area contributed by atoms with E-state index in [9.17, 15) is 4.79 Å². The van der Waals surface area contributed by atoms with Crippen LogP contribution in [-0.2, 0) is 0 Å². The van der Waals surface area contributed by atoms with Crippen LogP contribution in [0.1, 0.15) is 54.2 Å². The van der Waals surface area contributed by atoms with Crippen molar-refractivity contribution >= 4 is 29.1 Å². The van der Waals surface area contributed by atoms with Crippen LogP contribution in [0.3, 0.4) is 0 Å². The summed E-state index contributed by atoms with van der Waals surface area (Å²) in [7, 11) is 0. The van der Waals surface area contributed by atoms with E-state index in [4.69, 9.17) is 11.6 Å². The largest absolute Gasteiger partial charge is 0.338 e. The lowest BCUT2D eigenvalue weighted by Crippen LogP contribution is -2.40. The van der Waals surface area contributed by atoms with Gasteiger partial charge in [-0.15, -0.1) is 0 Å². The van der Waals surface area contributed by atoms with Crippen LogP contribution in [0.4, 0.5) is 11.6 Å². The maximum absolute atomic E-state index is 12.7. The van der Waals surface area contributed by atoms with Crippen LogP contribution < -0.4 is 10.2 Å². The van der Waals surface area contributed by atoms with E-state index in [0.717, 1.165) is 36.9 Å². The smallest absolute Gasteiger partial charge is 0.274 e. The van der Waals surface area contributed by atoms with Crippen molar-refractivity contribution in [3.8, 4) is 0 Å². The highest BCUT2D eigenvalue weighted by molar-refractivity contribution is 6.34. The Morgan fingerprint density at radius 2 is 2.15 bits per heavy atom. The number of halogens is 1. The minimum absolute atomic E-state index is 0.271. The van der Waals surface area contributed by atoms with Crippen molar-refractivity contribution in [2.24, 2.45) is 0 Å². The molecule has 6 heteroatoms. The van der Waals surface area contributed by atoms with Crippen molar-refractivity contribution < 1.29 is 4.79 Å². The van der Waals surface area contributed by atoms with Gasteiger partial charge in [-0.2, -0.15) is 0 Å². The zero-order valence-electron chi connectivity index (χ0n) is 15.6. The third-order valence-corrected chi connectivity index (χ3v) is 5.20. The number of aromatic nitrogens is 2. The number of hydrogen-bond acceptors (Lipinski definition) is 4. The van der Waals surface area contributed by atoms with Gasteiger partial charge in [-0.3, -0.25) is 4.79 Å². The van der Waals surface area contributed by atoms with Gasteiger partial charge in [0.2, 0.25) is 5.95 Å². The molecular formula is C20H25ClN4O. The van der Waals surface area contributed by atoms with Gasteiger partial charge < -0.3 is 10.2 Å². The van der Waals surface area contributed by atoms with Gasteiger partial charge in [0, 0.05) is 18.8 Å². The maximum atomic E-state index is 12.7. The molecule has 1 aromatic carbocycles. The fourth-order valence-corrected chi connectivity index (χ4v) is 3.92. The van der Waals surface area contributed by atoms with Crippen molar-refractivity contribution in [3.05, 3.63) is 46.2 Å². The van der Waals surface area contributed by atoms with Crippen molar-refractivity contribution in [2.75, 3.05) is 16.8 Å². The van der Waals surface area contributed by atoms with Gasteiger partial charge in [0.1, 0.15) is 5.69 Å². The molecule has 26 heavy (non-hydrogen) atoms. The zero-order valence-corrected chi connectivity index (χ0v) is 16.3. The monoisotopic (exact) mass is 372 g/mol. The van der Waals surface area contributed by atoms with Crippen LogP contribution in [0.15, 0.2) is 24.4 Å². The van der Waals surface area contributed by atoms with E-state index in [0.29, 0.717) is 28.4 Å². The lowest BCUT2D eigenvalue weighted by molar-refractivity contribution is 0.102. The second-order valence-corrected chi connectivity index (χ2v) is 7.29. The van der Waals surface area contributed by atoms with Gasteiger partial charge in [0.25, 0.3) is 5.91 Å². The molecule has 2 heterocycles. The number of aryl methyl sites for hydroxylation is 2. The minimum Gasteiger partial charge on any atom is -0.338 e. The summed E-state index contributed by atoms with van der Waals surface area (Å²) >= 11 is 6.30. The maximum Gasteiger partial charge on any atom is 0.274 e. The summed E-state index contributed by atoms with van der Waals surface area (Å²) in [6, 6.07) is 5.92. The van der Waals surface area contributed by atoms with Crippen molar-refractivity contribution in [1.82, 2.24) is 9.97 Å². The number of piperidine rings is 1. The molecule has 0 spiro atoms. The van der Waals surface area contributed by atoms with Gasteiger partial charge in [-0.1, -0.05) is 24.6 Å². The van der Waals surface area contributed by atoms with Gasteiger partial charge in [0.05, 0.1) is 10.7 Å². The average Bonchev–Trinajstić information content (AvgIpc) is 2.64. The number of rotatable bonds is 4. The van der Waals surface area contributed by atoms with E-state index in [-0.39, 0.29) is 5.91 Å². The quantitative estimate of drug-likeness (QED) is 0.839. The summed E-state index contributed by atoms with van der Waals surface area (Å²) in [4.78, 5) is 23.9. The van der Waals surface area contributed by atoms with Gasteiger partial charge >= 0.3 is 0 Å². The molecule has 1 aliphatic heterocycles. The Kier molecular flexibility index (Phi) is 5.77. The Labute approximate surface area is 159 Å². The molecule has 3 rings (SSSR count). The molecule has 138 valence electrons. The molecule has 1 saturated heterocycles. The molecule has 1 atom stereocenters. The van der Waals surface area contributed by atoms with E-state index in [1.165, 1.54) is 6.42 Å². The first kappa shape index (κ1) is 18.6. The average molecular weight is 373 g/mol. The van der Waals surface area contributed by atoms with Gasteiger partial charge in [-0.25, -0.2) is 9.97 Å². The van der Waals surface area contributed by atoms with Crippen molar-refractivity contribution in [1.29, 1.82) is 0 Å². The Morgan fingerprint density at radius 1 is 1.35 bits per heavy atom. The summed E-state index contributed by atoms with van der Waals surface area (Å²) < 4.78 is 0. The second kappa shape index (κ2) is 8.04. The van der Waals surface area contributed by atoms with Crippen LogP contribution in [-0.4, -0.2) is 28.5 Å². The number of hydrogen-bond donors (Lipinski definition) is 1. The predicted molar refractivity (Wildman–Crippen MR) is 106 cm³/mol. The van der Waals surface area contributed by atoms with E-state index in [2.05, 4.69) is 27.1 Å². The van der Waals surface area contributed by atoms with Gasteiger partial charge in [0.15, 0.2) is 0 Å². The number of anilines is 2. The first-order chi connectivity index (χ1) is 12.5. The second-order valence-electron chi connectivity index (χ2n) is 6.89. The number of amides is 1. The van der Waals surface area contributed by atoms with Crippen molar-refractivity contribution in [3.63, 3.8) is 0 Å². The van der Waals surface area contributed by atoms with E-state index in [1.807, 2.05) is 26.0 Å². The Balaban J connectivity index is 1.83. The van der Waals surface area contributed by atoms with Crippen LogP contribution in [0, 0.1) is 13.8 Å². The molecule has 1 N–H and O–H groups in total. The van der Waals surface area contributed by atoms with Crippen LogP contribution in [0.25, 0.3) is 0 Å². The molecule has 1 aromatic heterocycles. The first-order valence-corrected chi connectivity index (χ1v) is 9.55. The molecule has 1 amide bonds. The van der Waals surface area contributed by atoms with E-state index < -0.39 is 0 Å². The molecule has 0 saturated carbocycles. The first-order valence-electron chi connectivity index (χ1n) is 9.17. The Morgan fingerprint density at radius 3 is 2.88 bits per heavy atom. The van der Waals surface area contributed by atoms with Crippen LogP contribution in [0.5, 0.6) is 0 Å². The molecule has 0 radical (unpaired) electrons. The molecule has 0 aliphatic carbocycles. The number of carbonyl (C=O) groups excluding carboxylic acids is 1. The highest BCUT2D eigenvalue weighted by atomic mass is 35.5. The topological polar surface area (TPSA) is 58.1 Å². The third kappa shape index (κ3) is 3.98. The summed E-state index contributed by atoms with van der Waals surface area (Å²) in [5.41, 5.74) is 2.98. The van der Waals surface area contributed by atoms with Crippen LogP contribution >= 0.6 is 11.6 Å². The fourth-order valence-electron chi connectivity index (χ4n) is 3.55. The number of nitrogens with zero attached hydrogens (tertiary/aromatic N) is 3. The molecule has 5 nitrogen and oxygen atoms in total. The summed E-state index contributed by atoms with van der Waals surface area (Å²) in [6.07, 6.45) is 6.23. The summed E-state index contributed by atoms with van der Waals surface area (Å²) in [6.45, 7) is 7.03. The number of carbonyl (C=O) groups is 1. The molecule has 1 unspecified atom stereocenters. The molecule has 1 fully saturated rings. The Bertz CT molecular complexity index is 785. The Hall–Kier alpha value is -2.14. The SMILES string of the molecule is CCC1CCCCN1c1nccc(C(=O)Nc2c(C)cc(C)cc2Cl)n1. The lowest BCUT2D eigenvalue weighted by Gasteiger charge is -2.35. The number of benzene rings is 1. The zero-order chi connectivity index (χ0) is 18.7. The third-order valence-electron chi connectivity index (χ3n) is 4.90. The minimum atomic E-state index is -0.271. The fraction of sp³-hybridized carbons (Fsp3) is 0.450. The highest BCUT2D eigenvalue weighted by Crippen LogP contribution is 2.28. The molecule has 2 aromatic rings. The normalized spacial score (nSPS) is 17.2.